The minimum absolute atomic E-state index is 1.10. The van der Waals surface area contributed by atoms with Crippen LogP contribution in [0.4, 0.5) is 17.1 Å². The van der Waals surface area contributed by atoms with Crippen molar-refractivity contribution in [3.63, 3.8) is 0 Å². The molecule has 0 fully saturated rings. The summed E-state index contributed by atoms with van der Waals surface area (Å²) in [5.74, 6) is 0. The molecule has 0 aliphatic carbocycles. The summed E-state index contributed by atoms with van der Waals surface area (Å²) < 4.78 is 2.40. The van der Waals surface area contributed by atoms with Crippen LogP contribution in [-0.2, 0) is 0 Å². The topological polar surface area (TPSA) is 8.17 Å². The van der Waals surface area contributed by atoms with Gasteiger partial charge in [-0.15, -0.1) is 0 Å². The SMILES string of the molecule is c1ccc(-c2ccc(N(c3ccc(-n4c5ccccc5c5cc6ccccc6cc54)cc3)c3ccccc3-c3ccccc3)cc2)cc1. The molecule has 0 saturated heterocycles. The quantitative estimate of drug-likeness (QED) is 0.181. The van der Waals surface area contributed by atoms with Gasteiger partial charge in [0, 0.05) is 33.4 Å². The molecule has 0 unspecified atom stereocenters. The Kier molecular flexibility index (Phi) is 6.84. The largest absolute Gasteiger partial charge is 0.310 e. The second-order valence-electron chi connectivity index (χ2n) is 12.2. The van der Waals surface area contributed by atoms with Crippen LogP contribution in [-0.4, -0.2) is 4.57 Å². The predicted octanol–water partition coefficient (Wildman–Crippen LogP) is 12.7. The summed E-state index contributed by atoms with van der Waals surface area (Å²) in [6.45, 7) is 0. The smallest absolute Gasteiger partial charge is 0.0547 e. The predicted molar refractivity (Wildman–Crippen MR) is 204 cm³/mol. The van der Waals surface area contributed by atoms with Crippen LogP contribution in [0.5, 0.6) is 0 Å². The Morgan fingerprint density at radius 3 is 1.62 bits per heavy atom. The zero-order valence-electron chi connectivity index (χ0n) is 26.4. The minimum atomic E-state index is 1.10. The summed E-state index contributed by atoms with van der Waals surface area (Å²) in [6, 6.07) is 69.8. The molecule has 0 bridgehead atoms. The molecule has 0 spiro atoms. The summed E-state index contributed by atoms with van der Waals surface area (Å²) in [5.41, 5.74) is 11.7. The molecular weight excluding hydrogens is 581 g/mol. The number of para-hydroxylation sites is 2. The van der Waals surface area contributed by atoms with Gasteiger partial charge in [-0.1, -0.05) is 133 Å². The lowest BCUT2D eigenvalue weighted by atomic mass is 10.0. The van der Waals surface area contributed by atoms with Crippen LogP contribution in [0.15, 0.2) is 194 Å². The number of aromatic nitrogens is 1. The van der Waals surface area contributed by atoms with E-state index in [0.29, 0.717) is 0 Å². The zero-order chi connectivity index (χ0) is 31.9. The van der Waals surface area contributed by atoms with Gasteiger partial charge >= 0.3 is 0 Å². The van der Waals surface area contributed by atoms with Crippen LogP contribution in [0.1, 0.15) is 0 Å². The van der Waals surface area contributed by atoms with Gasteiger partial charge in [-0.25, -0.2) is 0 Å². The highest BCUT2D eigenvalue weighted by Gasteiger charge is 2.18. The van der Waals surface area contributed by atoms with Crippen LogP contribution in [0.2, 0.25) is 0 Å². The molecule has 0 saturated carbocycles. The Balaban J connectivity index is 1.20. The van der Waals surface area contributed by atoms with E-state index in [0.717, 1.165) is 22.7 Å². The van der Waals surface area contributed by atoms with Crippen LogP contribution in [0.25, 0.3) is 60.5 Å². The molecule has 1 heterocycles. The normalized spacial score (nSPS) is 11.3. The van der Waals surface area contributed by atoms with Gasteiger partial charge in [-0.05, 0) is 88.1 Å². The summed E-state index contributed by atoms with van der Waals surface area (Å²) in [7, 11) is 0. The van der Waals surface area contributed by atoms with Crippen molar-refractivity contribution >= 4 is 49.6 Å². The lowest BCUT2D eigenvalue weighted by Crippen LogP contribution is -2.11. The Morgan fingerprint density at radius 1 is 0.354 bits per heavy atom. The van der Waals surface area contributed by atoms with Gasteiger partial charge in [-0.2, -0.15) is 0 Å². The van der Waals surface area contributed by atoms with E-state index in [1.807, 2.05) is 0 Å². The van der Waals surface area contributed by atoms with E-state index in [4.69, 9.17) is 0 Å². The van der Waals surface area contributed by atoms with Crippen molar-refractivity contribution in [2.75, 3.05) is 4.90 Å². The van der Waals surface area contributed by atoms with E-state index >= 15 is 0 Å². The molecule has 0 atom stereocenters. The summed E-state index contributed by atoms with van der Waals surface area (Å²) >= 11 is 0. The average molecular weight is 613 g/mol. The fraction of sp³-hybridized carbons (Fsp3) is 0. The molecule has 2 heteroatoms. The van der Waals surface area contributed by atoms with Gasteiger partial charge in [0.25, 0.3) is 0 Å². The van der Waals surface area contributed by atoms with Crippen molar-refractivity contribution in [3.05, 3.63) is 194 Å². The fourth-order valence-corrected chi connectivity index (χ4v) is 7.08. The lowest BCUT2D eigenvalue weighted by molar-refractivity contribution is 1.17. The molecular formula is C46H32N2. The first-order valence-electron chi connectivity index (χ1n) is 16.4. The number of anilines is 3. The van der Waals surface area contributed by atoms with Gasteiger partial charge in [0.1, 0.15) is 0 Å². The molecule has 0 amide bonds. The second-order valence-corrected chi connectivity index (χ2v) is 12.2. The van der Waals surface area contributed by atoms with Gasteiger partial charge in [-0.3, -0.25) is 0 Å². The molecule has 1 aromatic heterocycles. The lowest BCUT2D eigenvalue weighted by Gasteiger charge is -2.28. The number of hydrogen-bond donors (Lipinski definition) is 0. The average Bonchev–Trinajstić information content (AvgIpc) is 3.48. The van der Waals surface area contributed by atoms with E-state index in [1.54, 1.807) is 0 Å². The van der Waals surface area contributed by atoms with E-state index in [2.05, 4.69) is 204 Å². The third kappa shape index (κ3) is 4.83. The van der Waals surface area contributed by atoms with Crippen LogP contribution in [0, 0.1) is 0 Å². The Morgan fingerprint density at radius 2 is 0.896 bits per heavy atom. The van der Waals surface area contributed by atoms with E-state index in [1.165, 1.54) is 54.8 Å². The van der Waals surface area contributed by atoms with Crippen LogP contribution < -0.4 is 4.90 Å². The van der Waals surface area contributed by atoms with Gasteiger partial charge < -0.3 is 9.47 Å². The van der Waals surface area contributed by atoms with Crippen molar-refractivity contribution in [1.82, 2.24) is 4.57 Å². The zero-order valence-corrected chi connectivity index (χ0v) is 26.4. The van der Waals surface area contributed by atoms with Crippen molar-refractivity contribution < 1.29 is 0 Å². The molecule has 0 aliphatic heterocycles. The van der Waals surface area contributed by atoms with Crippen LogP contribution >= 0.6 is 0 Å². The van der Waals surface area contributed by atoms with Crippen molar-refractivity contribution in [1.29, 1.82) is 0 Å². The molecule has 226 valence electrons. The third-order valence-corrected chi connectivity index (χ3v) is 9.37. The first-order valence-corrected chi connectivity index (χ1v) is 16.4. The second kappa shape index (κ2) is 11.8. The maximum absolute atomic E-state index is 2.40. The van der Waals surface area contributed by atoms with Gasteiger partial charge in [0.05, 0.1) is 16.7 Å². The fourth-order valence-electron chi connectivity index (χ4n) is 7.08. The monoisotopic (exact) mass is 612 g/mol. The van der Waals surface area contributed by atoms with Crippen LogP contribution in [0.3, 0.4) is 0 Å². The number of rotatable bonds is 6. The van der Waals surface area contributed by atoms with E-state index in [-0.39, 0.29) is 0 Å². The van der Waals surface area contributed by atoms with Crippen molar-refractivity contribution in [3.8, 4) is 27.9 Å². The summed E-state index contributed by atoms with van der Waals surface area (Å²) in [5, 5.41) is 5.03. The summed E-state index contributed by atoms with van der Waals surface area (Å²) in [6.07, 6.45) is 0. The first kappa shape index (κ1) is 27.9. The highest BCUT2D eigenvalue weighted by atomic mass is 15.1. The molecule has 9 aromatic rings. The number of hydrogen-bond acceptors (Lipinski definition) is 1. The van der Waals surface area contributed by atoms with Crippen molar-refractivity contribution in [2.24, 2.45) is 0 Å². The standard InChI is InChI=1S/C46H32N2/c1-3-13-33(14-4-1)34-23-25-38(26-24-34)47(44-21-11-9-19-41(44)35-15-5-2-6-16-35)39-27-29-40(30-28-39)48-45-22-12-10-20-42(45)43-31-36-17-7-8-18-37(36)32-46(43)48/h1-32H. The highest BCUT2D eigenvalue weighted by molar-refractivity contribution is 6.13. The van der Waals surface area contributed by atoms with Gasteiger partial charge in [0.15, 0.2) is 0 Å². The summed E-state index contributed by atoms with van der Waals surface area (Å²) in [4.78, 5) is 2.38. The molecule has 2 nitrogen and oxygen atoms in total. The Bertz CT molecular complexity index is 2530. The molecule has 8 aromatic carbocycles. The third-order valence-electron chi connectivity index (χ3n) is 9.37. The van der Waals surface area contributed by atoms with E-state index < -0.39 is 0 Å². The van der Waals surface area contributed by atoms with Gasteiger partial charge in [0.2, 0.25) is 0 Å². The molecule has 0 radical (unpaired) electrons. The first-order chi connectivity index (χ1) is 23.8. The van der Waals surface area contributed by atoms with Crippen molar-refractivity contribution in [2.45, 2.75) is 0 Å². The number of benzene rings is 8. The number of fused-ring (bicyclic) bond motifs is 4. The minimum Gasteiger partial charge on any atom is -0.310 e. The molecule has 9 rings (SSSR count). The number of nitrogens with zero attached hydrogens (tertiary/aromatic N) is 2. The Hall–Kier alpha value is -6.38. The maximum atomic E-state index is 2.40. The molecule has 0 N–H and O–H groups in total. The molecule has 0 aliphatic rings. The maximum Gasteiger partial charge on any atom is 0.0547 e. The highest BCUT2D eigenvalue weighted by Crippen LogP contribution is 2.42. The van der Waals surface area contributed by atoms with E-state index in [9.17, 15) is 0 Å². The Labute approximate surface area is 280 Å². The molecule has 48 heavy (non-hydrogen) atoms.